The van der Waals surface area contributed by atoms with Gasteiger partial charge >= 0.3 is 0 Å². The van der Waals surface area contributed by atoms with Crippen LogP contribution >= 0.6 is 0 Å². The Kier molecular flexibility index (Phi) is 8.06. The van der Waals surface area contributed by atoms with Gasteiger partial charge in [-0.25, -0.2) is 0 Å². The fourth-order valence-corrected chi connectivity index (χ4v) is 9.91. The van der Waals surface area contributed by atoms with Gasteiger partial charge in [0.05, 0.1) is 11.0 Å². The average molecular weight is 713 g/mol. The second-order valence-electron chi connectivity index (χ2n) is 15.9. The molecule has 2 nitrogen and oxygen atoms in total. The van der Waals surface area contributed by atoms with E-state index in [1.54, 1.807) is 0 Å². The first-order valence-electron chi connectivity index (χ1n) is 20.4. The Hall–Kier alpha value is -5.86. The van der Waals surface area contributed by atoms with E-state index in [9.17, 15) is 0 Å². The lowest BCUT2D eigenvalue weighted by molar-refractivity contribution is 0.657. The van der Waals surface area contributed by atoms with Crippen molar-refractivity contribution in [3.8, 4) is 33.6 Å². The Bertz CT molecular complexity index is 2770. The van der Waals surface area contributed by atoms with Crippen LogP contribution in [-0.4, -0.2) is 9.13 Å². The SMILES string of the molecule is CC.CC1(C)c2cc(C3C=CC=CC3)ccc2-c2ccc(-n3c4c(c5cc(-c6ccc7c(c6)c6c(n7-c7ccccc7)C=CCC6)ccc53)CCC=C4)cc21. The smallest absolute Gasteiger partial charge is 0.0538 e. The Morgan fingerprint density at radius 1 is 0.564 bits per heavy atom. The molecule has 4 aliphatic rings. The van der Waals surface area contributed by atoms with Crippen molar-refractivity contribution in [1.29, 1.82) is 0 Å². The summed E-state index contributed by atoms with van der Waals surface area (Å²) in [5, 5.41) is 2.74. The molecule has 2 aromatic heterocycles. The van der Waals surface area contributed by atoms with E-state index in [0.29, 0.717) is 5.92 Å². The summed E-state index contributed by atoms with van der Waals surface area (Å²) < 4.78 is 4.97. The van der Waals surface area contributed by atoms with Gasteiger partial charge in [0.1, 0.15) is 0 Å². The fourth-order valence-electron chi connectivity index (χ4n) is 9.91. The zero-order chi connectivity index (χ0) is 37.3. The first-order chi connectivity index (χ1) is 27.0. The van der Waals surface area contributed by atoms with Gasteiger partial charge in [-0.3, -0.25) is 0 Å². The van der Waals surface area contributed by atoms with Crippen molar-refractivity contribution in [3.05, 3.63) is 179 Å². The predicted octanol–water partition coefficient (Wildman–Crippen LogP) is 14.1. The van der Waals surface area contributed by atoms with Crippen LogP contribution in [0.25, 0.3) is 67.6 Å². The van der Waals surface area contributed by atoms with Crippen LogP contribution in [0.5, 0.6) is 0 Å². The molecular weight excluding hydrogens is 665 g/mol. The number of nitrogens with zero attached hydrogens (tertiary/aromatic N) is 2. The van der Waals surface area contributed by atoms with E-state index in [2.05, 4.69) is 175 Å². The number of rotatable bonds is 4. The number of hydrogen-bond acceptors (Lipinski definition) is 0. The van der Waals surface area contributed by atoms with E-state index in [1.807, 2.05) is 13.8 Å². The number of benzene rings is 5. The highest BCUT2D eigenvalue weighted by atomic mass is 15.0. The van der Waals surface area contributed by atoms with Crippen molar-refractivity contribution in [1.82, 2.24) is 9.13 Å². The third kappa shape index (κ3) is 5.22. The van der Waals surface area contributed by atoms with Crippen molar-refractivity contribution in [2.24, 2.45) is 0 Å². The summed E-state index contributed by atoms with van der Waals surface area (Å²) in [6.07, 6.45) is 23.7. The molecule has 0 aliphatic heterocycles. The van der Waals surface area contributed by atoms with Crippen molar-refractivity contribution in [2.75, 3.05) is 0 Å². The van der Waals surface area contributed by atoms with Gasteiger partial charge in [0, 0.05) is 44.9 Å². The number of para-hydroxylation sites is 1. The molecular formula is C53H48N2. The minimum atomic E-state index is -0.0793. The number of fused-ring (bicyclic) bond motifs is 9. The van der Waals surface area contributed by atoms with Gasteiger partial charge in [0.2, 0.25) is 0 Å². The highest BCUT2D eigenvalue weighted by Gasteiger charge is 2.36. The molecule has 0 spiro atoms. The van der Waals surface area contributed by atoms with E-state index in [0.717, 1.165) is 32.1 Å². The third-order valence-corrected chi connectivity index (χ3v) is 12.6. The topological polar surface area (TPSA) is 9.86 Å². The standard InChI is InChI=1S/C51H42N2.C2H6/c1-51(2)45-31-36(33-13-5-3-6-14-33)21-25-39(45)40-26-24-38(32-46(40)51)53-48-20-12-10-18-42(48)44-30-35(23-28-50(44)53)34-22-27-49-43(29-34)41-17-9-11-19-47(41)52(49)37-15-7-4-8-16-37;1-2/h3-8,11-13,15-16,19-33H,9-10,14,17-18H2,1-2H3;1-2H3. The predicted molar refractivity (Wildman–Crippen MR) is 235 cm³/mol. The monoisotopic (exact) mass is 712 g/mol. The molecule has 1 atom stereocenters. The van der Waals surface area contributed by atoms with Gasteiger partial charge in [-0.2, -0.15) is 0 Å². The molecule has 7 aromatic rings. The van der Waals surface area contributed by atoms with Crippen LogP contribution in [0.4, 0.5) is 0 Å². The maximum absolute atomic E-state index is 2.53. The van der Waals surface area contributed by atoms with Crippen LogP contribution in [-0.2, 0) is 18.3 Å². The fraction of sp³-hybridized carbons (Fsp3) is 0.208. The molecule has 270 valence electrons. The van der Waals surface area contributed by atoms with Crippen LogP contribution < -0.4 is 0 Å². The van der Waals surface area contributed by atoms with Gasteiger partial charge < -0.3 is 9.13 Å². The largest absolute Gasteiger partial charge is 0.310 e. The molecule has 5 aromatic carbocycles. The van der Waals surface area contributed by atoms with Crippen LogP contribution in [0, 0.1) is 0 Å². The first-order valence-corrected chi connectivity index (χ1v) is 20.4. The Labute approximate surface area is 325 Å². The van der Waals surface area contributed by atoms with Crippen molar-refractivity contribution in [3.63, 3.8) is 0 Å². The lowest BCUT2D eigenvalue weighted by atomic mass is 9.80. The van der Waals surface area contributed by atoms with Crippen LogP contribution in [0.1, 0.15) is 92.1 Å². The van der Waals surface area contributed by atoms with E-state index in [4.69, 9.17) is 0 Å². The maximum Gasteiger partial charge on any atom is 0.0538 e. The average Bonchev–Trinajstić information content (AvgIpc) is 3.84. The summed E-state index contributed by atoms with van der Waals surface area (Å²) in [6.45, 7) is 8.82. The molecule has 55 heavy (non-hydrogen) atoms. The van der Waals surface area contributed by atoms with Crippen molar-refractivity contribution < 1.29 is 0 Å². The number of hydrogen-bond donors (Lipinski definition) is 0. The number of aryl methyl sites for hydroxylation is 2. The molecule has 4 aliphatic carbocycles. The molecule has 0 radical (unpaired) electrons. The molecule has 0 saturated carbocycles. The number of aromatic nitrogens is 2. The molecule has 0 amide bonds. The maximum atomic E-state index is 2.53. The van der Waals surface area contributed by atoms with Gasteiger partial charge in [0.25, 0.3) is 0 Å². The molecule has 1 unspecified atom stereocenters. The van der Waals surface area contributed by atoms with E-state index in [1.165, 1.54) is 94.6 Å². The first kappa shape index (κ1) is 33.7. The van der Waals surface area contributed by atoms with Gasteiger partial charge in [-0.05, 0) is 143 Å². The Morgan fingerprint density at radius 2 is 1.16 bits per heavy atom. The molecule has 0 fully saturated rings. The second-order valence-corrected chi connectivity index (χ2v) is 15.9. The summed E-state index contributed by atoms with van der Waals surface area (Å²) >= 11 is 0. The summed E-state index contributed by atoms with van der Waals surface area (Å²) in [7, 11) is 0. The Morgan fingerprint density at radius 3 is 1.78 bits per heavy atom. The van der Waals surface area contributed by atoms with Gasteiger partial charge in [0.15, 0.2) is 0 Å². The van der Waals surface area contributed by atoms with Crippen molar-refractivity contribution in [2.45, 2.75) is 71.1 Å². The Balaban J connectivity index is 0.00000183. The second kappa shape index (κ2) is 13.2. The molecule has 2 heteroatoms. The van der Waals surface area contributed by atoms with E-state index in [-0.39, 0.29) is 5.41 Å². The summed E-state index contributed by atoms with van der Waals surface area (Å²) in [4.78, 5) is 0. The van der Waals surface area contributed by atoms with E-state index < -0.39 is 0 Å². The molecule has 0 saturated heterocycles. The van der Waals surface area contributed by atoms with Crippen molar-refractivity contribution >= 4 is 34.0 Å². The van der Waals surface area contributed by atoms with Crippen LogP contribution in [0.15, 0.2) is 140 Å². The number of allylic oxidation sites excluding steroid dienone is 6. The van der Waals surface area contributed by atoms with Gasteiger partial charge in [-0.1, -0.05) is 119 Å². The normalized spacial score (nSPS) is 17.1. The van der Waals surface area contributed by atoms with Gasteiger partial charge in [-0.15, -0.1) is 0 Å². The third-order valence-electron chi connectivity index (χ3n) is 12.6. The molecule has 11 rings (SSSR count). The summed E-state index contributed by atoms with van der Waals surface area (Å²) in [5.74, 6) is 0.453. The summed E-state index contributed by atoms with van der Waals surface area (Å²) in [6, 6.07) is 39.6. The lowest BCUT2D eigenvalue weighted by Crippen LogP contribution is -2.16. The van der Waals surface area contributed by atoms with E-state index >= 15 is 0 Å². The molecule has 2 heterocycles. The highest BCUT2D eigenvalue weighted by Crippen LogP contribution is 2.51. The highest BCUT2D eigenvalue weighted by molar-refractivity contribution is 5.97. The van der Waals surface area contributed by atoms with Crippen LogP contribution in [0.2, 0.25) is 0 Å². The minimum Gasteiger partial charge on any atom is -0.310 e. The molecule has 0 bridgehead atoms. The zero-order valence-electron chi connectivity index (χ0n) is 32.4. The van der Waals surface area contributed by atoms with Crippen LogP contribution in [0.3, 0.4) is 0 Å². The summed E-state index contributed by atoms with van der Waals surface area (Å²) in [5.41, 5.74) is 20.1. The lowest BCUT2D eigenvalue weighted by Gasteiger charge is -2.24. The molecule has 0 N–H and O–H groups in total. The minimum absolute atomic E-state index is 0.0793. The zero-order valence-corrected chi connectivity index (χ0v) is 32.4. The quantitative estimate of drug-likeness (QED) is 0.172.